The fourth-order valence-electron chi connectivity index (χ4n) is 3.73. The summed E-state index contributed by atoms with van der Waals surface area (Å²) < 4.78 is 0. The number of ketones is 1. The summed E-state index contributed by atoms with van der Waals surface area (Å²) in [5, 5.41) is 21.5. The molecule has 3 aromatic rings. The van der Waals surface area contributed by atoms with Crippen molar-refractivity contribution >= 4 is 23.1 Å². The van der Waals surface area contributed by atoms with Gasteiger partial charge in [-0.1, -0.05) is 66.2 Å². The largest absolute Gasteiger partial charge is 0.507 e. The minimum absolute atomic E-state index is 0.00374. The molecule has 0 aromatic heterocycles. The number of rotatable bonds is 3. The summed E-state index contributed by atoms with van der Waals surface area (Å²) in [6.07, 6.45) is 0. The molecule has 5 heteroatoms. The summed E-state index contributed by atoms with van der Waals surface area (Å²) in [6, 6.07) is 20.1. The molecule has 1 atom stereocenters. The molecule has 3 aromatic carbocycles. The fraction of sp³-hybridized carbons (Fsp3) is 0.120. The van der Waals surface area contributed by atoms with E-state index < -0.39 is 17.7 Å². The van der Waals surface area contributed by atoms with Crippen LogP contribution in [0.1, 0.15) is 28.3 Å². The molecule has 5 nitrogen and oxygen atoms in total. The zero-order valence-electron chi connectivity index (χ0n) is 16.7. The van der Waals surface area contributed by atoms with Gasteiger partial charge in [-0.05, 0) is 37.1 Å². The molecule has 1 saturated heterocycles. The van der Waals surface area contributed by atoms with Crippen LogP contribution in [-0.2, 0) is 9.59 Å². The maximum atomic E-state index is 13.1. The number of phenols is 1. The summed E-state index contributed by atoms with van der Waals surface area (Å²) in [7, 11) is 0. The van der Waals surface area contributed by atoms with Crippen LogP contribution in [0.5, 0.6) is 5.75 Å². The highest BCUT2D eigenvalue weighted by atomic mass is 16.3. The summed E-state index contributed by atoms with van der Waals surface area (Å²) >= 11 is 0. The highest BCUT2D eigenvalue weighted by Gasteiger charge is 2.47. The lowest BCUT2D eigenvalue weighted by molar-refractivity contribution is -0.132. The normalized spacial score (nSPS) is 18.1. The Balaban J connectivity index is 1.97. The van der Waals surface area contributed by atoms with Gasteiger partial charge in [0.05, 0.1) is 17.3 Å². The standard InChI is InChI=1S/C25H21NO4/c1-15-8-11-18(12-9-15)23(28)21-22(17-6-4-3-5-7-17)26(25(30)24(21)29)19-14-16(2)10-13-20(19)27/h3-14,22,27-28H,1-2H3/b23-21+. The molecular formula is C25H21NO4. The Morgan fingerprint density at radius 1 is 0.867 bits per heavy atom. The molecule has 1 aliphatic heterocycles. The van der Waals surface area contributed by atoms with Crippen molar-refractivity contribution in [2.24, 2.45) is 0 Å². The number of Topliss-reactive ketones (excluding diaryl/α,β-unsaturated/α-hetero) is 1. The van der Waals surface area contributed by atoms with Gasteiger partial charge in [0.15, 0.2) is 0 Å². The van der Waals surface area contributed by atoms with E-state index in [-0.39, 0.29) is 22.8 Å². The summed E-state index contributed by atoms with van der Waals surface area (Å²) in [5.41, 5.74) is 3.18. The van der Waals surface area contributed by atoms with E-state index in [4.69, 9.17) is 0 Å². The lowest BCUT2D eigenvalue weighted by Gasteiger charge is -2.26. The van der Waals surface area contributed by atoms with E-state index in [2.05, 4.69) is 0 Å². The van der Waals surface area contributed by atoms with Crippen molar-refractivity contribution in [3.63, 3.8) is 0 Å². The van der Waals surface area contributed by atoms with E-state index in [1.807, 2.05) is 32.0 Å². The third kappa shape index (κ3) is 3.24. The number of carbonyl (C=O) groups is 2. The summed E-state index contributed by atoms with van der Waals surface area (Å²) in [6.45, 7) is 3.76. The van der Waals surface area contributed by atoms with E-state index in [1.165, 1.54) is 11.0 Å². The predicted molar refractivity (Wildman–Crippen MR) is 115 cm³/mol. The lowest BCUT2D eigenvalue weighted by Crippen LogP contribution is -2.29. The number of amides is 1. The molecule has 0 aliphatic carbocycles. The molecule has 1 aliphatic rings. The number of aliphatic hydroxyl groups is 1. The van der Waals surface area contributed by atoms with E-state index in [0.717, 1.165) is 11.1 Å². The number of carbonyl (C=O) groups excluding carboxylic acids is 2. The number of hydrogen-bond donors (Lipinski definition) is 2. The summed E-state index contributed by atoms with van der Waals surface area (Å²) in [4.78, 5) is 27.4. The van der Waals surface area contributed by atoms with Gasteiger partial charge in [-0.3, -0.25) is 14.5 Å². The van der Waals surface area contributed by atoms with Gasteiger partial charge in [0.2, 0.25) is 0 Å². The van der Waals surface area contributed by atoms with E-state index in [1.54, 1.807) is 48.5 Å². The second kappa shape index (κ2) is 7.52. The number of benzene rings is 3. The molecule has 1 heterocycles. The minimum Gasteiger partial charge on any atom is -0.507 e. The Labute approximate surface area is 174 Å². The number of aryl methyl sites for hydroxylation is 2. The first-order valence-corrected chi connectivity index (χ1v) is 9.61. The number of nitrogens with zero attached hydrogens (tertiary/aromatic N) is 1. The van der Waals surface area contributed by atoms with Gasteiger partial charge in [-0.25, -0.2) is 0 Å². The van der Waals surface area contributed by atoms with Crippen LogP contribution >= 0.6 is 0 Å². The van der Waals surface area contributed by atoms with Crippen molar-refractivity contribution in [3.8, 4) is 5.75 Å². The van der Waals surface area contributed by atoms with Crippen molar-refractivity contribution in [3.05, 3.63) is 101 Å². The molecule has 0 spiro atoms. The Hall–Kier alpha value is -3.86. The van der Waals surface area contributed by atoms with Crippen LogP contribution in [0.25, 0.3) is 5.76 Å². The minimum atomic E-state index is -0.861. The predicted octanol–water partition coefficient (Wildman–Crippen LogP) is 4.64. The Morgan fingerprint density at radius 2 is 1.50 bits per heavy atom. The second-order valence-corrected chi connectivity index (χ2v) is 7.44. The molecule has 1 fully saturated rings. The van der Waals surface area contributed by atoms with E-state index in [0.29, 0.717) is 11.1 Å². The van der Waals surface area contributed by atoms with Crippen LogP contribution in [0.2, 0.25) is 0 Å². The highest BCUT2D eigenvalue weighted by molar-refractivity contribution is 6.51. The summed E-state index contributed by atoms with van der Waals surface area (Å²) in [5.74, 6) is -1.93. The average Bonchev–Trinajstić information content (AvgIpc) is 3.01. The quantitative estimate of drug-likeness (QED) is 0.382. The highest BCUT2D eigenvalue weighted by Crippen LogP contribution is 2.44. The monoisotopic (exact) mass is 399 g/mol. The number of hydrogen-bond acceptors (Lipinski definition) is 4. The van der Waals surface area contributed by atoms with Crippen LogP contribution < -0.4 is 4.90 Å². The maximum Gasteiger partial charge on any atom is 0.300 e. The molecule has 1 unspecified atom stereocenters. The topological polar surface area (TPSA) is 77.8 Å². The molecule has 1 amide bonds. The zero-order valence-corrected chi connectivity index (χ0v) is 16.7. The number of aliphatic hydroxyl groups excluding tert-OH is 1. The van der Waals surface area contributed by atoms with Crippen LogP contribution in [0.15, 0.2) is 78.4 Å². The SMILES string of the molecule is Cc1ccc(/C(O)=C2\C(=O)C(=O)N(c3cc(C)ccc3O)C2c2ccccc2)cc1. The zero-order chi connectivity index (χ0) is 21.4. The van der Waals surface area contributed by atoms with Gasteiger partial charge in [0.1, 0.15) is 11.5 Å². The van der Waals surface area contributed by atoms with Crippen LogP contribution in [0.3, 0.4) is 0 Å². The third-order valence-corrected chi connectivity index (χ3v) is 5.28. The van der Waals surface area contributed by atoms with Gasteiger partial charge in [-0.2, -0.15) is 0 Å². The molecule has 2 N–H and O–H groups in total. The lowest BCUT2D eigenvalue weighted by atomic mass is 9.95. The first kappa shape index (κ1) is 19.5. The molecule has 150 valence electrons. The van der Waals surface area contributed by atoms with Crippen molar-refractivity contribution in [1.82, 2.24) is 0 Å². The van der Waals surface area contributed by atoms with Crippen molar-refractivity contribution in [2.45, 2.75) is 19.9 Å². The molecule has 0 radical (unpaired) electrons. The van der Waals surface area contributed by atoms with Gasteiger partial charge in [0.25, 0.3) is 11.7 Å². The molecular weight excluding hydrogens is 378 g/mol. The fourth-order valence-corrected chi connectivity index (χ4v) is 3.73. The average molecular weight is 399 g/mol. The molecule has 30 heavy (non-hydrogen) atoms. The van der Waals surface area contributed by atoms with Gasteiger partial charge < -0.3 is 10.2 Å². The Bertz CT molecular complexity index is 1160. The smallest absolute Gasteiger partial charge is 0.300 e. The Kier molecular flexibility index (Phi) is 4.88. The van der Waals surface area contributed by atoms with Crippen LogP contribution in [-0.4, -0.2) is 21.9 Å². The van der Waals surface area contributed by atoms with Gasteiger partial charge in [-0.15, -0.1) is 0 Å². The third-order valence-electron chi connectivity index (χ3n) is 5.28. The Morgan fingerprint density at radius 3 is 2.17 bits per heavy atom. The molecule has 0 bridgehead atoms. The van der Waals surface area contributed by atoms with Crippen LogP contribution in [0, 0.1) is 13.8 Å². The van der Waals surface area contributed by atoms with Gasteiger partial charge in [0, 0.05) is 5.56 Å². The molecule has 0 saturated carbocycles. The van der Waals surface area contributed by atoms with E-state index >= 15 is 0 Å². The number of anilines is 1. The number of aromatic hydroxyl groups is 1. The first-order valence-electron chi connectivity index (χ1n) is 9.61. The number of phenolic OH excluding ortho intramolecular Hbond substituents is 1. The first-order chi connectivity index (χ1) is 14.4. The molecule has 4 rings (SSSR count). The van der Waals surface area contributed by atoms with Crippen molar-refractivity contribution < 1.29 is 19.8 Å². The van der Waals surface area contributed by atoms with E-state index in [9.17, 15) is 19.8 Å². The second-order valence-electron chi connectivity index (χ2n) is 7.44. The maximum absolute atomic E-state index is 13.1. The van der Waals surface area contributed by atoms with Crippen molar-refractivity contribution in [2.75, 3.05) is 4.90 Å². The van der Waals surface area contributed by atoms with Crippen LogP contribution in [0.4, 0.5) is 5.69 Å². The van der Waals surface area contributed by atoms with Crippen molar-refractivity contribution in [1.29, 1.82) is 0 Å². The van der Waals surface area contributed by atoms with Gasteiger partial charge >= 0.3 is 0 Å².